The highest BCUT2D eigenvalue weighted by molar-refractivity contribution is 7.99. The number of carbonyl (C=O) groups excluding carboxylic acids is 4. The predicted octanol–water partition coefficient (Wildman–Crippen LogP) is 3.25. The molecule has 1 unspecified atom stereocenters. The Morgan fingerprint density at radius 3 is 2.47 bits per heavy atom. The van der Waals surface area contributed by atoms with E-state index in [1.165, 1.54) is 0 Å². The number of nitrogens with one attached hydrogen (secondary N) is 3. The molecule has 0 spiro atoms. The van der Waals surface area contributed by atoms with Crippen LogP contribution < -0.4 is 15.4 Å². The molecule has 3 N–H and O–H groups in total. The van der Waals surface area contributed by atoms with Crippen molar-refractivity contribution in [3.8, 4) is 0 Å². The van der Waals surface area contributed by atoms with E-state index in [9.17, 15) is 19.2 Å². The number of rotatable bonds is 13. The molecule has 1 fully saturated rings. The Balaban J connectivity index is 1.92. The minimum Gasteiger partial charge on any atom is -0.445 e. The molecule has 2 rings (SSSR count). The predicted molar refractivity (Wildman–Crippen MR) is 133 cm³/mol. The van der Waals surface area contributed by atoms with Gasteiger partial charge in [0.1, 0.15) is 17.6 Å². The lowest BCUT2D eigenvalue weighted by molar-refractivity contribution is -0.126. The third-order valence-corrected chi connectivity index (χ3v) is 6.71. The van der Waals surface area contributed by atoms with Crippen LogP contribution in [0.25, 0.3) is 0 Å². The van der Waals surface area contributed by atoms with Gasteiger partial charge in [0, 0.05) is 18.9 Å². The molecule has 1 aliphatic heterocycles. The number of carbonyl (C=O) groups is 4. The summed E-state index contributed by atoms with van der Waals surface area (Å²) in [6.07, 6.45) is 1.78. The zero-order chi connectivity index (χ0) is 25.1. The van der Waals surface area contributed by atoms with Gasteiger partial charge in [-0.2, -0.15) is 0 Å². The van der Waals surface area contributed by atoms with Crippen LogP contribution >= 0.6 is 11.9 Å². The van der Waals surface area contributed by atoms with Crippen LogP contribution in [0.4, 0.5) is 4.79 Å². The lowest BCUT2D eigenvalue weighted by Crippen LogP contribution is -2.44. The highest BCUT2D eigenvalue weighted by Crippen LogP contribution is 2.20. The van der Waals surface area contributed by atoms with Gasteiger partial charge < -0.3 is 20.2 Å². The van der Waals surface area contributed by atoms with Gasteiger partial charge in [-0.3, -0.25) is 14.3 Å². The normalized spacial score (nSPS) is 18.2. The van der Waals surface area contributed by atoms with Gasteiger partial charge in [-0.15, -0.1) is 0 Å². The fourth-order valence-corrected chi connectivity index (χ4v) is 4.72. The fraction of sp³-hybridized carbons (Fsp3) is 0.600. The van der Waals surface area contributed by atoms with Gasteiger partial charge >= 0.3 is 6.09 Å². The number of benzene rings is 1. The average Bonchev–Trinajstić information content (AvgIpc) is 3.20. The number of aldehydes is 1. The second-order valence-electron chi connectivity index (χ2n) is 9.48. The Bertz CT molecular complexity index is 818. The number of ether oxygens (including phenoxy) is 1. The Labute approximate surface area is 206 Å². The highest BCUT2D eigenvalue weighted by Gasteiger charge is 2.30. The Hall–Kier alpha value is -2.55. The summed E-state index contributed by atoms with van der Waals surface area (Å²) in [6, 6.07) is 9.07. The summed E-state index contributed by atoms with van der Waals surface area (Å²) in [4.78, 5) is 48.8. The first-order valence-electron chi connectivity index (χ1n) is 11.9. The first kappa shape index (κ1) is 27.7. The second kappa shape index (κ2) is 14.0. The zero-order valence-electron chi connectivity index (χ0n) is 20.4. The van der Waals surface area contributed by atoms with Crippen molar-refractivity contribution in [1.82, 2.24) is 15.4 Å². The van der Waals surface area contributed by atoms with Crippen LogP contribution in [0.2, 0.25) is 0 Å². The maximum Gasteiger partial charge on any atom is 0.417 e. The molecule has 188 valence electrons. The number of amides is 3. The minimum atomic E-state index is -0.750. The van der Waals surface area contributed by atoms with Gasteiger partial charge in [0.05, 0.1) is 6.04 Å². The lowest BCUT2D eigenvalue weighted by Gasteiger charge is -2.24. The molecule has 1 aliphatic rings. The summed E-state index contributed by atoms with van der Waals surface area (Å²) >= 11 is 0.990. The molecule has 8 nitrogen and oxygen atoms in total. The van der Waals surface area contributed by atoms with Crippen LogP contribution in [0.3, 0.4) is 0 Å². The topological polar surface area (TPSA) is 114 Å². The van der Waals surface area contributed by atoms with Gasteiger partial charge in [-0.1, -0.05) is 58.0 Å². The molecule has 0 bridgehead atoms. The van der Waals surface area contributed by atoms with Crippen molar-refractivity contribution < 1.29 is 23.9 Å². The quantitative estimate of drug-likeness (QED) is 0.288. The summed E-state index contributed by atoms with van der Waals surface area (Å²) in [6.45, 7) is 8.53. The lowest BCUT2D eigenvalue weighted by atomic mass is 9.99. The first-order valence-corrected chi connectivity index (χ1v) is 12.8. The van der Waals surface area contributed by atoms with Crippen molar-refractivity contribution in [2.45, 2.75) is 70.8 Å². The van der Waals surface area contributed by atoms with Gasteiger partial charge in [0.2, 0.25) is 11.8 Å². The fourth-order valence-electron chi connectivity index (χ4n) is 3.78. The van der Waals surface area contributed by atoms with E-state index in [2.05, 4.69) is 15.4 Å². The van der Waals surface area contributed by atoms with Crippen molar-refractivity contribution in [2.75, 3.05) is 6.54 Å². The van der Waals surface area contributed by atoms with Crippen LogP contribution in [-0.4, -0.2) is 48.1 Å². The molecular weight excluding hydrogens is 454 g/mol. The smallest absolute Gasteiger partial charge is 0.417 e. The monoisotopic (exact) mass is 491 g/mol. The van der Waals surface area contributed by atoms with Crippen LogP contribution in [-0.2, 0) is 25.5 Å². The summed E-state index contributed by atoms with van der Waals surface area (Å²) in [5, 5.41) is 4.88. The first-order chi connectivity index (χ1) is 16.2. The molecule has 1 aromatic rings. The molecule has 9 heteroatoms. The summed E-state index contributed by atoms with van der Waals surface area (Å²) in [7, 11) is 0. The van der Waals surface area contributed by atoms with Gasteiger partial charge in [0.15, 0.2) is 0 Å². The van der Waals surface area contributed by atoms with Crippen molar-refractivity contribution in [2.24, 2.45) is 17.8 Å². The van der Waals surface area contributed by atoms with Crippen molar-refractivity contribution in [1.29, 1.82) is 0 Å². The standard InChI is InChI=1S/C25H37N3O5S/c1-16(2)12-22(24(31)27-20(15-29)14-19-10-11-26-23(19)30)34-28-25(32)33-21(17(3)4)13-18-8-6-5-7-9-18/h5-9,15-17,19-22H,10-14H2,1-4H3,(H,26,30)(H,27,31)(H,28,32)/t19-,20-,21?,22-/m0/s1. The molecule has 1 aromatic carbocycles. The molecule has 0 aromatic heterocycles. The van der Waals surface area contributed by atoms with E-state index in [4.69, 9.17) is 4.74 Å². The van der Waals surface area contributed by atoms with Crippen LogP contribution in [0.15, 0.2) is 30.3 Å². The molecule has 1 saturated heterocycles. The van der Waals surface area contributed by atoms with E-state index < -0.39 is 17.4 Å². The van der Waals surface area contributed by atoms with E-state index in [0.29, 0.717) is 32.1 Å². The van der Waals surface area contributed by atoms with E-state index in [1.54, 1.807) is 0 Å². The number of hydrogen-bond acceptors (Lipinski definition) is 6. The largest absolute Gasteiger partial charge is 0.445 e. The van der Waals surface area contributed by atoms with E-state index >= 15 is 0 Å². The van der Waals surface area contributed by atoms with Crippen molar-refractivity contribution in [3.05, 3.63) is 35.9 Å². The third kappa shape index (κ3) is 9.37. The summed E-state index contributed by atoms with van der Waals surface area (Å²) in [5.41, 5.74) is 1.08. The Kier molecular flexibility index (Phi) is 11.4. The van der Waals surface area contributed by atoms with Crippen molar-refractivity contribution in [3.63, 3.8) is 0 Å². The molecule has 4 atom stereocenters. The Morgan fingerprint density at radius 2 is 1.91 bits per heavy atom. The second-order valence-corrected chi connectivity index (χ2v) is 10.5. The maximum absolute atomic E-state index is 12.9. The zero-order valence-corrected chi connectivity index (χ0v) is 21.2. The molecular formula is C25H37N3O5S. The number of hydrogen-bond donors (Lipinski definition) is 3. The third-order valence-electron chi connectivity index (χ3n) is 5.74. The molecule has 3 amide bonds. The molecule has 0 radical (unpaired) electrons. The maximum atomic E-state index is 12.9. The van der Waals surface area contributed by atoms with Gasteiger partial charge in [-0.05, 0) is 48.6 Å². The van der Waals surface area contributed by atoms with E-state index in [1.807, 2.05) is 58.0 Å². The van der Waals surface area contributed by atoms with E-state index in [0.717, 1.165) is 17.5 Å². The Morgan fingerprint density at radius 1 is 1.21 bits per heavy atom. The molecule has 34 heavy (non-hydrogen) atoms. The van der Waals surface area contributed by atoms with Crippen molar-refractivity contribution >= 4 is 36.1 Å². The summed E-state index contributed by atoms with van der Waals surface area (Å²) in [5.74, 6) is -0.407. The SMILES string of the molecule is CC(C)C[C@H](SNC(=O)OC(Cc1ccccc1)C(C)C)C(=O)N[C@H](C=O)C[C@@H]1CCNC1=O. The molecule has 0 saturated carbocycles. The van der Waals surface area contributed by atoms with Gasteiger partial charge in [-0.25, -0.2) is 4.79 Å². The summed E-state index contributed by atoms with van der Waals surface area (Å²) < 4.78 is 8.30. The van der Waals surface area contributed by atoms with E-state index in [-0.39, 0.29) is 42.1 Å². The van der Waals surface area contributed by atoms with Crippen LogP contribution in [0.1, 0.15) is 52.5 Å². The highest BCUT2D eigenvalue weighted by atomic mass is 32.2. The van der Waals surface area contributed by atoms with Crippen LogP contribution in [0.5, 0.6) is 0 Å². The molecule has 0 aliphatic carbocycles. The average molecular weight is 492 g/mol. The molecule has 1 heterocycles. The minimum absolute atomic E-state index is 0.0891. The van der Waals surface area contributed by atoms with Crippen LogP contribution in [0, 0.1) is 17.8 Å². The van der Waals surface area contributed by atoms with Gasteiger partial charge in [0.25, 0.3) is 0 Å².